The molecule has 0 aliphatic carbocycles. The molecule has 0 radical (unpaired) electrons. The van der Waals surface area contributed by atoms with Crippen LogP contribution >= 0.6 is 0 Å². The van der Waals surface area contributed by atoms with Crippen molar-refractivity contribution in [3.63, 3.8) is 0 Å². The summed E-state index contributed by atoms with van der Waals surface area (Å²) in [6.07, 6.45) is 1.76. The first kappa shape index (κ1) is 14.3. The SMILES string of the molecule is C=CCOCc1cccc(CNNc2ccccc2)c1. The zero-order valence-corrected chi connectivity index (χ0v) is 11.5. The summed E-state index contributed by atoms with van der Waals surface area (Å²) >= 11 is 0. The highest BCUT2D eigenvalue weighted by molar-refractivity contribution is 5.41. The monoisotopic (exact) mass is 268 g/mol. The summed E-state index contributed by atoms with van der Waals surface area (Å²) in [6.45, 7) is 5.59. The molecule has 0 saturated heterocycles. The molecule has 0 amide bonds. The van der Waals surface area contributed by atoms with Gasteiger partial charge in [0.15, 0.2) is 0 Å². The zero-order chi connectivity index (χ0) is 14.0. The van der Waals surface area contributed by atoms with Crippen molar-refractivity contribution in [3.05, 3.63) is 78.4 Å². The van der Waals surface area contributed by atoms with Crippen molar-refractivity contribution in [3.8, 4) is 0 Å². The van der Waals surface area contributed by atoms with E-state index in [2.05, 4.69) is 35.6 Å². The summed E-state index contributed by atoms with van der Waals surface area (Å²) in [4.78, 5) is 0. The predicted molar refractivity (Wildman–Crippen MR) is 83.2 cm³/mol. The maximum Gasteiger partial charge on any atom is 0.0721 e. The van der Waals surface area contributed by atoms with Gasteiger partial charge >= 0.3 is 0 Å². The first-order valence-electron chi connectivity index (χ1n) is 6.69. The number of benzene rings is 2. The maximum absolute atomic E-state index is 5.44. The number of rotatable bonds is 8. The highest BCUT2D eigenvalue weighted by Gasteiger charge is 1.96. The third-order valence-electron chi connectivity index (χ3n) is 2.79. The van der Waals surface area contributed by atoms with E-state index < -0.39 is 0 Å². The van der Waals surface area contributed by atoms with Crippen LogP contribution in [0.1, 0.15) is 11.1 Å². The molecular weight excluding hydrogens is 248 g/mol. The first-order chi connectivity index (χ1) is 9.88. The van der Waals surface area contributed by atoms with Gasteiger partial charge in [-0.3, -0.25) is 0 Å². The molecule has 3 heteroatoms. The average molecular weight is 268 g/mol. The summed E-state index contributed by atoms with van der Waals surface area (Å²) < 4.78 is 5.44. The summed E-state index contributed by atoms with van der Waals surface area (Å²) in [7, 11) is 0. The van der Waals surface area contributed by atoms with Gasteiger partial charge in [-0.1, -0.05) is 48.5 Å². The van der Waals surface area contributed by atoms with Crippen molar-refractivity contribution in [1.29, 1.82) is 0 Å². The molecule has 0 spiro atoms. The van der Waals surface area contributed by atoms with Crippen molar-refractivity contribution in [2.45, 2.75) is 13.2 Å². The van der Waals surface area contributed by atoms with E-state index in [9.17, 15) is 0 Å². The van der Waals surface area contributed by atoms with Gasteiger partial charge in [0.05, 0.1) is 13.2 Å². The predicted octanol–water partition coefficient (Wildman–Crippen LogP) is 3.51. The molecule has 20 heavy (non-hydrogen) atoms. The van der Waals surface area contributed by atoms with Crippen LogP contribution in [0.15, 0.2) is 67.3 Å². The third-order valence-corrected chi connectivity index (χ3v) is 2.79. The van der Waals surface area contributed by atoms with E-state index in [1.54, 1.807) is 6.08 Å². The van der Waals surface area contributed by atoms with Crippen LogP contribution in [-0.2, 0) is 17.9 Å². The highest BCUT2D eigenvalue weighted by atomic mass is 16.5. The Morgan fingerprint density at radius 1 is 1.00 bits per heavy atom. The molecule has 0 atom stereocenters. The molecule has 2 rings (SSSR count). The second-order valence-corrected chi connectivity index (χ2v) is 4.47. The van der Waals surface area contributed by atoms with E-state index in [4.69, 9.17) is 4.74 Å². The van der Waals surface area contributed by atoms with Crippen LogP contribution in [0.25, 0.3) is 0 Å². The molecule has 104 valence electrons. The minimum atomic E-state index is 0.581. The van der Waals surface area contributed by atoms with Crippen LogP contribution in [-0.4, -0.2) is 6.61 Å². The van der Waals surface area contributed by atoms with Gasteiger partial charge in [0, 0.05) is 12.2 Å². The fourth-order valence-electron chi connectivity index (χ4n) is 1.86. The Kier molecular flexibility index (Phi) is 5.83. The van der Waals surface area contributed by atoms with Crippen molar-refractivity contribution in [2.24, 2.45) is 0 Å². The van der Waals surface area contributed by atoms with Crippen LogP contribution in [0, 0.1) is 0 Å². The van der Waals surface area contributed by atoms with E-state index in [0.717, 1.165) is 12.2 Å². The molecule has 0 saturated carbocycles. The van der Waals surface area contributed by atoms with Crippen LogP contribution in [0.2, 0.25) is 0 Å². The molecule has 2 aromatic rings. The number of hydrogen-bond donors (Lipinski definition) is 2. The summed E-state index contributed by atoms with van der Waals surface area (Å²) in [5.74, 6) is 0. The maximum atomic E-state index is 5.44. The van der Waals surface area contributed by atoms with Crippen molar-refractivity contribution < 1.29 is 4.74 Å². The van der Waals surface area contributed by atoms with E-state index >= 15 is 0 Å². The Morgan fingerprint density at radius 2 is 1.80 bits per heavy atom. The van der Waals surface area contributed by atoms with Gasteiger partial charge in [0.1, 0.15) is 0 Å². The quantitative estimate of drug-likeness (QED) is 0.437. The minimum Gasteiger partial charge on any atom is -0.373 e. The number of nitrogens with one attached hydrogen (secondary N) is 2. The normalized spacial score (nSPS) is 10.2. The third kappa shape index (κ3) is 4.88. The van der Waals surface area contributed by atoms with E-state index in [1.165, 1.54) is 11.1 Å². The molecule has 0 unspecified atom stereocenters. The Hall–Kier alpha value is -2.10. The first-order valence-corrected chi connectivity index (χ1v) is 6.69. The number of anilines is 1. The van der Waals surface area contributed by atoms with Crippen LogP contribution < -0.4 is 10.9 Å². The molecule has 2 N–H and O–H groups in total. The van der Waals surface area contributed by atoms with Gasteiger partial charge in [-0.05, 0) is 23.3 Å². The molecule has 0 bridgehead atoms. The Bertz CT molecular complexity index is 526. The van der Waals surface area contributed by atoms with E-state index in [0.29, 0.717) is 13.2 Å². The van der Waals surface area contributed by atoms with E-state index in [1.807, 2.05) is 36.4 Å². The summed E-state index contributed by atoms with van der Waals surface area (Å²) in [5, 5.41) is 0. The van der Waals surface area contributed by atoms with Crippen LogP contribution in [0.3, 0.4) is 0 Å². The molecule has 3 nitrogen and oxygen atoms in total. The number of hydrazine groups is 1. The molecule has 0 heterocycles. The van der Waals surface area contributed by atoms with Gasteiger partial charge < -0.3 is 10.2 Å². The van der Waals surface area contributed by atoms with Gasteiger partial charge in [-0.15, -0.1) is 6.58 Å². The van der Waals surface area contributed by atoms with Crippen molar-refractivity contribution in [1.82, 2.24) is 5.43 Å². The summed E-state index contributed by atoms with van der Waals surface area (Å²) in [5.41, 5.74) is 9.82. The highest BCUT2D eigenvalue weighted by Crippen LogP contribution is 2.07. The molecule has 0 aliphatic rings. The van der Waals surface area contributed by atoms with Gasteiger partial charge in [0.25, 0.3) is 0 Å². The average Bonchev–Trinajstić information content (AvgIpc) is 2.49. The zero-order valence-electron chi connectivity index (χ0n) is 11.5. The van der Waals surface area contributed by atoms with Crippen molar-refractivity contribution in [2.75, 3.05) is 12.0 Å². The second kappa shape index (κ2) is 8.15. The van der Waals surface area contributed by atoms with E-state index in [-0.39, 0.29) is 0 Å². The number of ether oxygens (including phenoxy) is 1. The lowest BCUT2D eigenvalue weighted by molar-refractivity contribution is 0.149. The Labute approximate surface area is 120 Å². The van der Waals surface area contributed by atoms with Crippen molar-refractivity contribution >= 4 is 5.69 Å². The number of hydrogen-bond acceptors (Lipinski definition) is 3. The fourth-order valence-corrected chi connectivity index (χ4v) is 1.86. The number of para-hydroxylation sites is 1. The smallest absolute Gasteiger partial charge is 0.0721 e. The topological polar surface area (TPSA) is 33.3 Å². The molecular formula is C17H20N2O. The van der Waals surface area contributed by atoms with Crippen LogP contribution in [0.4, 0.5) is 5.69 Å². The largest absolute Gasteiger partial charge is 0.373 e. The lowest BCUT2D eigenvalue weighted by atomic mass is 10.1. The minimum absolute atomic E-state index is 0.581. The standard InChI is InChI=1S/C17H20N2O/c1-2-11-20-14-16-8-6-7-15(12-16)13-18-19-17-9-4-3-5-10-17/h2-10,12,18-19H,1,11,13-14H2. The molecule has 2 aromatic carbocycles. The Balaban J connectivity index is 1.80. The second-order valence-electron chi connectivity index (χ2n) is 4.47. The summed E-state index contributed by atoms with van der Waals surface area (Å²) in [6, 6.07) is 18.4. The lowest BCUT2D eigenvalue weighted by Crippen LogP contribution is -2.20. The molecule has 0 fully saturated rings. The van der Waals surface area contributed by atoms with Gasteiger partial charge in [-0.2, -0.15) is 0 Å². The van der Waals surface area contributed by atoms with Gasteiger partial charge in [0.2, 0.25) is 0 Å². The molecule has 0 aromatic heterocycles. The lowest BCUT2D eigenvalue weighted by Gasteiger charge is -2.09. The van der Waals surface area contributed by atoms with Crippen LogP contribution in [0.5, 0.6) is 0 Å². The Morgan fingerprint density at radius 3 is 2.60 bits per heavy atom. The fraction of sp³-hybridized carbons (Fsp3) is 0.176. The molecule has 0 aliphatic heterocycles. The van der Waals surface area contributed by atoms with Gasteiger partial charge in [-0.25, -0.2) is 5.43 Å².